The van der Waals surface area contributed by atoms with E-state index in [9.17, 15) is 22.7 Å². The molecule has 2 aliphatic rings. The molecule has 0 spiro atoms. The number of amides is 1. The van der Waals surface area contributed by atoms with E-state index in [0.29, 0.717) is 50.6 Å². The maximum absolute atomic E-state index is 14.8. The van der Waals surface area contributed by atoms with Crippen LogP contribution in [0.25, 0.3) is 0 Å². The molecule has 182 valence electrons. The predicted molar refractivity (Wildman–Crippen MR) is 124 cm³/mol. The maximum atomic E-state index is 14.8. The Bertz CT molecular complexity index is 1220. The fourth-order valence-electron chi connectivity index (χ4n) is 4.46. The van der Waals surface area contributed by atoms with Gasteiger partial charge in [0.2, 0.25) is 5.88 Å². The van der Waals surface area contributed by atoms with Gasteiger partial charge >= 0.3 is 6.09 Å². The van der Waals surface area contributed by atoms with Crippen molar-refractivity contribution in [2.24, 2.45) is 5.92 Å². The Morgan fingerprint density at radius 2 is 2.12 bits per heavy atom. The van der Waals surface area contributed by atoms with Crippen LogP contribution >= 0.6 is 0 Å². The van der Waals surface area contributed by atoms with Crippen molar-refractivity contribution >= 4 is 27.4 Å². The number of carboxylic acid groups (broad SMARTS) is 1. The van der Waals surface area contributed by atoms with Crippen LogP contribution in [0.15, 0.2) is 41.6 Å². The molecule has 4 rings (SSSR count). The fraction of sp³-hybridized carbons (Fsp3) is 0.435. The second-order valence-corrected chi connectivity index (χ2v) is 10.5. The Morgan fingerprint density at radius 1 is 1.32 bits per heavy atom. The molecule has 2 aromatic rings. The highest BCUT2D eigenvalue weighted by atomic mass is 32.2. The largest absolute Gasteiger partial charge is 0.474 e. The fourth-order valence-corrected chi connectivity index (χ4v) is 5.09. The van der Waals surface area contributed by atoms with Gasteiger partial charge in [0.15, 0.2) is 9.84 Å². The normalized spacial score (nSPS) is 20.6. The first-order chi connectivity index (χ1) is 16.2. The SMILES string of the molecule is CC=CCC1CN(C(=O)O)CCC1Oc1ncnc2c1CCN2c1ccc(S(C)(=O)=O)cc1F. The molecule has 3 heterocycles. The second-order valence-electron chi connectivity index (χ2n) is 8.51. The van der Waals surface area contributed by atoms with Crippen molar-refractivity contribution in [2.45, 2.75) is 37.2 Å². The lowest BCUT2D eigenvalue weighted by molar-refractivity contribution is 0.0427. The van der Waals surface area contributed by atoms with Crippen molar-refractivity contribution in [1.29, 1.82) is 0 Å². The van der Waals surface area contributed by atoms with Gasteiger partial charge in [0, 0.05) is 38.2 Å². The molecule has 1 saturated heterocycles. The molecule has 2 unspecified atom stereocenters. The zero-order valence-electron chi connectivity index (χ0n) is 19.0. The first-order valence-corrected chi connectivity index (χ1v) is 12.9. The van der Waals surface area contributed by atoms with Crippen LogP contribution in [0.4, 0.5) is 20.7 Å². The molecular formula is C23H27FN4O5S. The molecule has 0 saturated carbocycles. The minimum Gasteiger partial charge on any atom is -0.474 e. The zero-order valence-corrected chi connectivity index (χ0v) is 19.8. The minimum atomic E-state index is -3.52. The number of benzene rings is 1. The number of hydrogen-bond acceptors (Lipinski definition) is 7. The van der Waals surface area contributed by atoms with E-state index in [-0.39, 0.29) is 22.6 Å². The van der Waals surface area contributed by atoms with Crippen molar-refractivity contribution < 1.29 is 27.4 Å². The summed E-state index contributed by atoms with van der Waals surface area (Å²) >= 11 is 0. The van der Waals surface area contributed by atoms with Gasteiger partial charge in [0.25, 0.3) is 0 Å². The number of nitrogens with zero attached hydrogens (tertiary/aromatic N) is 4. The van der Waals surface area contributed by atoms with Gasteiger partial charge in [-0.25, -0.2) is 27.6 Å². The number of allylic oxidation sites excluding steroid dienone is 2. The number of halogens is 1. The number of piperidine rings is 1. The first kappa shape index (κ1) is 23.9. The summed E-state index contributed by atoms with van der Waals surface area (Å²) in [5.41, 5.74) is 0.982. The van der Waals surface area contributed by atoms with Crippen molar-refractivity contribution in [2.75, 3.05) is 30.8 Å². The average Bonchev–Trinajstić information content (AvgIpc) is 3.22. The van der Waals surface area contributed by atoms with Crippen molar-refractivity contribution in [3.8, 4) is 5.88 Å². The summed E-state index contributed by atoms with van der Waals surface area (Å²) in [6.07, 6.45) is 6.93. The Kier molecular flexibility index (Phi) is 6.74. The van der Waals surface area contributed by atoms with Crippen LogP contribution in [0.1, 0.15) is 25.3 Å². The summed E-state index contributed by atoms with van der Waals surface area (Å²) in [4.78, 5) is 23.1. The van der Waals surface area contributed by atoms with Crippen LogP contribution < -0.4 is 9.64 Å². The molecular weight excluding hydrogens is 463 g/mol. The van der Waals surface area contributed by atoms with Crippen LogP contribution in [0, 0.1) is 11.7 Å². The molecule has 1 aromatic carbocycles. The lowest BCUT2D eigenvalue weighted by atomic mass is 9.91. The van der Waals surface area contributed by atoms with E-state index in [1.807, 2.05) is 19.1 Å². The van der Waals surface area contributed by atoms with Gasteiger partial charge in [-0.1, -0.05) is 12.2 Å². The van der Waals surface area contributed by atoms with E-state index in [0.717, 1.165) is 17.9 Å². The van der Waals surface area contributed by atoms with Gasteiger partial charge in [-0.05, 0) is 38.0 Å². The first-order valence-electron chi connectivity index (χ1n) is 11.1. The third-order valence-electron chi connectivity index (χ3n) is 6.23. The Morgan fingerprint density at radius 3 is 2.79 bits per heavy atom. The van der Waals surface area contributed by atoms with E-state index < -0.39 is 21.7 Å². The lowest BCUT2D eigenvalue weighted by Gasteiger charge is -2.36. The van der Waals surface area contributed by atoms with Crippen molar-refractivity contribution in [3.63, 3.8) is 0 Å². The van der Waals surface area contributed by atoms with Crippen LogP contribution in [0.3, 0.4) is 0 Å². The van der Waals surface area contributed by atoms with Gasteiger partial charge in [0.05, 0.1) is 16.1 Å². The number of fused-ring (bicyclic) bond motifs is 1. The van der Waals surface area contributed by atoms with Crippen LogP contribution in [0.2, 0.25) is 0 Å². The lowest BCUT2D eigenvalue weighted by Crippen LogP contribution is -2.47. The van der Waals surface area contributed by atoms with Gasteiger partial charge in [-0.3, -0.25) is 0 Å². The zero-order chi connectivity index (χ0) is 24.5. The summed E-state index contributed by atoms with van der Waals surface area (Å²) in [6, 6.07) is 3.84. The number of likely N-dealkylation sites (tertiary alicyclic amines) is 1. The van der Waals surface area contributed by atoms with E-state index in [4.69, 9.17) is 4.74 Å². The Balaban J connectivity index is 1.59. The Labute approximate surface area is 197 Å². The number of ether oxygens (including phenoxy) is 1. The smallest absolute Gasteiger partial charge is 0.407 e. The van der Waals surface area contributed by atoms with E-state index in [1.54, 1.807) is 4.90 Å². The number of aromatic nitrogens is 2. The highest BCUT2D eigenvalue weighted by molar-refractivity contribution is 7.90. The topological polar surface area (TPSA) is 113 Å². The highest BCUT2D eigenvalue weighted by Crippen LogP contribution is 2.39. The number of sulfone groups is 1. The number of rotatable bonds is 6. The summed E-state index contributed by atoms with van der Waals surface area (Å²) in [6.45, 7) is 3.12. The third-order valence-corrected chi connectivity index (χ3v) is 7.34. The highest BCUT2D eigenvalue weighted by Gasteiger charge is 2.35. The molecule has 0 aliphatic carbocycles. The van der Waals surface area contributed by atoms with E-state index >= 15 is 0 Å². The van der Waals surface area contributed by atoms with Crippen LogP contribution in [-0.4, -0.2) is 66.5 Å². The summed E-state index contributed by atoms with van der Waals surface area (Å²) < 4.78 is 44.6. The van der Waals surface area contributed by atoms with Gasteiger partial charge in [0.1, 0.15) is 24.1 Å². The maximum Gasteiger partial charge on any atom is 0.407 e. The average molecular weight is 491 g/mol. The summed E-state index contributed by atoms with van der Waals surface area (Å²) in [5.74, 6) is 0.262. The number of anilines is 2. The van der Waals surface area contributed by atoms with Crippen molar-refractivity contribution in [3.05, 3.63) is 48.1 Å². The predicted octanol–water partition coefficient (Wildman–Crippen LogP) is 3.43. The molecule has 2 aliphatic heterocycles. The molecule has 1 aromatic heterocycles. The molecule has 9 nitrogen and oxygen atoms in total. The molecule has 1 N–H and O–H groups in total. The third kappa shape index (κ3) is 4.84. The van der Waals surface area contributed by atoms with Gasteiger partial charge in [-0.2, -0.15) is 0 Å². The van der Waals surface area contributed by atoms with Gasteiger partial charge in [-0.15, -0.1) is 0 Å². The number of hydrogen-bond donors (Lipinski definition) is 1. The quantitative estimate of drug-likeness (QED) is 0.613. The molecule has 2 atom stereocenters. The monoisotopic (exact) mass is 490 g/mol. The number of carbonyl (C=O) groups is 1. The molecule has 0 bridgehead atoms. The van der Waals surface area contributed by atoms with Crippen LogP contribution in [-0.2, 0) is 16.3 Å². The molecule has 1 fully saturated rings. The molecule has 34 heavy (non-hydrogen) atoms. The second kappa shape index (κ2) is 9.57. The van der Waals surface area contributed by atoms with E-state index in [1.165, 1.54) is 23.4 Å². The molecule has 0 radical (unpaired) electrons. The summed E-state index contributed by atoms with van der Waals surface area (Å²) in [5, 5.41) is 9.38. The summed E-state index contributed by atoms with van der Waals surface area (Å²) in [7, 11) is -3.52. The molecule has 11 heteroatoms. The van der Waals surface area contributed by atoms with Crippen LogP contribution in [0.5, 0.6) is 5.88 Å². The Hall–Kier alpha value is -3.21. The standard InChI is InChI=1S/C23H27FN4O5S/c1-3-4-5-15-13-27(23(29)30)10-9-20(15)33-22-17-8-11-28(21(17)25-14-26-22)19-7-6-16(12-18(19)24)34(2,31)32/h3-4,6-7,12,14-15,20H,5,8-11,13H2,1-2H3,(H,29,30). The van der Waals surface area contributed by atoms with E-state index in [2.05, 4.69) is 9.97 Å². The molecule has 1 amide bonds. The minimum absolute atomic E-state index is 0.0230. The van der Waals surface area contributed by atoms with Gasteiger partial charge < -0.3 is 19.6 Å². The van der Waals surface area contributed by atoms with Crippen molar-refractivity contribution in [1.82, 2.24) is 14.9 Å².